The molecule has 0 radical (unpaired) electrons. The van der Waals surface area contributed by atoms with Gasteiger partial charge in [-0.3, -0.25) is 4.79 Å². The quantitative estimate of drug-likeness (QED) is 0.336. The van der Waals surface area contributed by atoms with E-state index in [-0.39, 0.29) is 5.97 Å². The fraction of sp³-hybridized carbons (Fsp3) is 0.643. The Kier molecular flexibility index (Phi) is 11.2. The first-order valence-electron chi connectivity index (χ1n) is 6.19. The molecule has 2 nitrogen and oxygen atoms in total. The minimum absolute atomic E-state index is 0.0597. The van der Waals surface area contributed by atoms with Crippen molar-refractivity contribution in [3.05, 3.63) is 24.3 Å². The third-order valence-electron chi connectivity index (χ3n) is 2.25. The summed E-state index contributed by atoms with van der Waals surface area (Å²) >= 11 is 0. The molecule has 0 fully saturated rings. The first-order chi connectivity index (χ1) is 7.81. The highest BCUT2D eigenvalue weighted by Crippen LogP contribution is 2.01. The third-order valence-corrected chi connectivity index (χ3v) is 2.25. The van der Waals surface area contributed by atoms with Crippen LogP contribution in [0.1, 0.15) is 52.4 Å². The molecule has 0 rings (SSSR count). The van der Waals surface area contributed by atoms with Crippen LogP contribution in [0.4, 0.5) is 0 Å². The molecule has 0 amide bonds. The molecule has 0 unspecified atom stereocenters. The molecule has 0 aliphatic rings. The van der Waals surface area contributed by atoms with Crippen LogP contribution in [0, 0.1) is 0 Å². The molecule has 16 heavy (non-hydrogen) atoms. The maximum atomic E-state index is 11.2. The molecule has 2 heteroatoms. The van der Waals surface area contributed by atoms with Gasteiger partial charge >= 0.3 is 5.97 Å². The minimum Gasteiger partial charge on any atom is -0.466 e. The second kappa shape index (κ2) is 12.0. The van der Waals surface area contributed by atoms with Gasteiger partial charge in [0, 0.05) is 6.42 Å². The van der Waals surface area contributed by atoms with E-state index in [0.29, 0.717) is 13.0 Å². The summed E-state index contributed by atoms with van der Waals surface area (Å²) in [5.41, 5.74) is 0. The number of carbonyl (C=O) groups excluding carboxylic acids is 1. The van der Waals surface area contributed by atoms with Gasteiger partial charge in [0.05, 0.1) is 6.61 Å². The third kappa shape index (κ3) is 11.0. The summed E-state index contributed by atoms with van der Waals surface area (Å²) in [5, 5.41) is 0. The molecule has 0 N–H and O–H groups in total. The number of allylic oxidation sites excluding steroid dienone is 4. The zero-order valence-electron chi connectivity index (χ0n) is 10.6. The van der Waals surface area contributed by atoms with Crippen molar-refractivity contribution in [1.29, 1.82) is 0 Å². The lowest BCUT2D eigenvalue weighted by Gasteiger charge is -2.03. The summed E-state index contributed by atoms with van der Waals surface area (Å²) in [7, 11) is 0. The van der Waals surface area contributed by atoms with E-state index in [1.165, 1.54) is 0 Å². The summed E-state index contributed by atoms with van der Waals surface area (Å²) in [5.74, 6) is -0.0597. The zero-order valence-corrected chi connectivity index (χ0v) is 10.6. The molecule has 0 heterocycles. The standard InChI is InChI=1S/C14H24O2/c1-3-5-7-9-11-13-16-14(15)12-10-8-6-4-2/h3-6H,7-13H2,1-2H3/b5-3-,6-4-. The van der Waals surface area contributed by atoms with Crippen molar-refractivity contribution in [1.82, 2.24) is 0 Å². The highest BCUT2D eigenvalue weighted by molar-refractivity contribution is 5.69. The zero-order chi connectivity index (χ0) is 12.1. The first-order valence-corrected chi connectivity index (χ1v) is 6.19. The van der Waals surface area contributed by atoms with Crippen LogP contribution in [-0.2, 0) is 9.53 Å². The molecule has 0 aliphatic heterocycles. The predicted molar refractivity (Wildman–Crippen MR) is 68.3 cm³/mol. The van der Waals surface area contributed by atoms with Crippen molar-refractivity contribution in [2.24, 2.45) is 0 Å². The van der Waals surface area contributed by atoms with Gasteiger partial charge in [-0.25, -0.2) is 0 Å². The highest BCUT2D eigenvalue weighted by Gasteiger charge is 2.00. The summed E-state index contributed by atoms with van der Waals surface area (Å²) in [6.45, 7) is 4.58. The van der Waals surface area contributed by atoms with Crippen molar-refractivity contribution in [3.8, 4) is 0 Å². The van der Waals surface area contributed by atoms with E-state index >= 15 is 0 Å². The summed E-state index contributed by atoms with van der Waals surface area (Å²) in [6, 6.07) is 0. The lowest BCUT2D eigenvalue weighted by atomic mass is 10.2. The normalized spacial score (nSPS) is 11.4. The topological polar surface area (TPSA) is 26.3 Å². The molecule has 92 valence electrons. The molecule has 0 aromatic rings. The smallest absolute Gasteiger partial charge is 0.305 e. The molecule has 0 saturated carbocycles. The van der Waals surface area contributed by atoms with Crippen LogP contribution in [0.25, 0.3) is 0 Å². The predicted octanol–water partition coefficient (Wildman–Crippen LogP) is 4.02. The average Bonchev–Trinajstić information content (AvgIpc) is 2.29. The van der Waals surface area contributed by atoms with Crippen LogP contribution in [0.3, 0.4) is 0 Å². The summed E-state index contributed by atoms with van der Waals surface area (Å²) in [6.07, 6.45) is 13.8. The van der Waals surface area contributed by atoms with Gasteiger partial charge in [-0.15, -0.1) is 0 Å². The van der Waals surface area contributed by atoms with Gasteiger partial charge in [-0.05, 0) is 46.0 Å². The van der Waals surface area contributed by atoms with Crippen molar-refractivity contribution in [2.75, 3.05) is 6.61 Å². The average molecular weight is 224 g/mol. The molecule has 0 aromatic carbocycles. The Morgan fingerprint density at radius 2 is 1.62 bits per heavy atom. The number of rotatable bonds is 9. The number of esters is 1. The Bertz CT molecular complexity index is 217. The van der Waals surface area contributed by atoms with Crippen molar-refractivity contribution >= 4 is 5.97 Å². The van der Waals surface area contributed by atoms with E-state index in [1.807, 2.05) is 26.0 Å². The fourth-order valence-electron chi connectivity index (χ4n) is 1.32. The number of hydrogen-bond acceptors (Lipinski definition) is 2. The second-order valence-electron chi connectivity index (χ2n) is 3.75. The second-order valence-corrected chi connectivity index (χ2v) is 3.75. The molecule has 0 spiro atoms. The van der Waals surface area contributed by atoms with Crippen LogP contribution < -0.4 is 0 Å². The van der Waals surface area contributed by atoms with Gasteiger partial charge < -0.3 is 4.74 Å². The van der Waals surface area contributed by atoms with Gasteiger partial charge in [0.15, 0.2) is 0 Å². The van der Waals surface area contributed by atoms with Crippen LogP contribution in [0.2, 0.25) is 0 Å². The Labute approximate surface area is 99.4 Å². The van der Waals surface area contributed by atoms with Crippen molar-refractivity contribution < 1.29 is 9.53 Å². The minimum atomic E-state index is -0.0597. The first kappa shape index (κ1) is 14.9. The Morgan fingerprint density at radius 3 is 2.25 bits per heavy atom. The van der Waals surface area contributed by atoms with Gasteiger partial charge in [0.2, 0.25) is 0 Å². The Hall–Kier alpha value is -1.05. The van der Waals surface area contributed by atoms with Gasteiger partial charge in [-0.1, -0.05) is 24.3 Å². The number of ether oxygens (including phenoxy) is 1. The molecule has 0 saturated heterocycles. The summed E-state index contributed by atoms with van der Waals surface area (Å²) < 4.78 is 5.12. The molecular formula is C14H24O2. The van der Waals surface area contributed by atoms with E-state index in [4.69, 9.17) is 4.74 Å². The van der Waals surface area contributed by atoms with E-state index in [0.717, 1.165) is 32.1 Å². The van der Waals surface area contributed by atoms with Gasteiger partial charge in [-0.2, -0.15) is 0 Å². The SMILES string of the molecule is C/C=C\CCCCOC(=O)CCC/C=C\C. The Morgan fingerprint density at radius 1 is 1.00 bits per heavy atom. The molecule has 0 bridgehead atoms. The number of carbonyl (C=O) groups is 1. The van der Waals surface area contributed by atoms with E-state index in [1.54, 1.807) is 0 Å². The van der Waals surface area contributed by atoms with Crippen LogP contribution in [0.5, 0.6) is 0 Å². The summed E-state index contributed by atoms with van der Waals surface area (Å²) in [4.78, 5) is 11.2. The highest BCUT2D eigenvalue weighted by atomic mass is 16.5. The van der Waals surface area contributed by atoms with Crippen LogP contribution in [-0.4, -0.2) is 12.6 Å². The lowest BCUT2D eigenvalue weighted by Crippen LogP contribution is -2.05. The van der Waals surface area contributed by atoms with Crippen molar-refractivity contribution in [3.63, 3.8) is 0 Å². The van der Waals surface area contributed by atoms with E-state index in [2.05, 4.69) is 12.2 Å². The molecule has 0 aromatic heterocycles. The Balaban J connectivity index is 3.23. The van der Waals surface area contributed by atoms with E-state index in [9.17, 15) is 4.79 Å². The number of unbranched alkanes of at least 4 members (excludes halogenated alkanes) is 3. The van der Waals surface area contributed by atoms with E-state index < -0.39 is 0 Å². The van der Waals surface area contributed by atoms with Gasteiger partial charge in [0.25, 0.3) is 0 Å². The molecular weight excluding hydrogens is 200 g/mol. The maximum absolute atomic E-state index is 11.2. The number of hydrogen-bond donors (Lipinski definition) is 0. The molecule has 0 atom stereocenters. The van der Waals surface area contributed by atoms with Gasteiger partial charge in [0.1, 0.15) is 0 Å². The maximum Gasteiger partial charge on any atom is 0.305 e. The van der Waals surface area contributed by atoms with Crippen LogP contribution >= 0.6 is 0 Å². The largest absolute Gasteiger partial charge is 0.466 e. The fourth-order valence-corrected chi connectivity index (χ4v) is 1.32. The monoisotopic (exact) mass is 224 g/mol. The van der Waals surface area contributed by atoms with Crippen molar-refractivity contribution in [2.45, 2.75) is 52.4 Å². The van der Waals surface area contributed by atoms with Crippen LogP contribution in [0.15, 0.2) is 24.3 Å². The lowest BCUT2D eigenvalue weighted by molar-refractivity contribution is -0.143. The molecule has 0 aliphatic carbocycles.